The molecule has 0 spiro atoms. The zero-order valence-electron chi connectivity index (χ0n) is 10.9. The van der Waals surface area contributed by atoms with Crippen molar-refractivity contribution < 1.29 is 19.4 Å². The van der Waals surface area contributed by atoms with Crippen LogP contribution in [0, 0.1) is 5.41 Å². The SMILES string of the molecule is O=C(COc1ccccc1Cl)NCC1(C(=O)O)CCC1. The van der Waals surface area contributed by atoms with Crippen molar-refractivity contribution in [3.63, 3.8) is 0 Å². The van der Waals surface area contributed by atoms with Gasteiger partial charge in [0.05, 0.1) is 10.4 Å². The second kappa shape index (κ2) is 6.13. The number of rotatable bonds is 6. The van der Waals surface area contributed by atoms with Crippen LogP contribution >= 0.6 is 11.6 Å². The molecule has 20 heavy (non-hydrogen) atoms. The van der Waals surface area contributed by atoms with Gasteiger partial charge in [0.25, 0.3) is 5.91 Å². The number of amides is 1. The zero-order valence-corrected chi connectivity index (χ0v) is 11.7. The summed E-state index contributed by atoms with van der Waals surface area (Å²) in [5.74, 6) is -0.769. The van der Waals surface area contributed by atoms with E-state index in [0.717, 1.165) is 6.42 Å². The summed E-state index contributed by atoms with van der Waals surface area (Å²) in [6.45, 7) is -0.0352. The van der Waals surface area contributed by atoms with Gasteiger partial charge < -0.3 is 15.2 Å². The molecule has 0 aliphatic heterocycles. The second-order valence-electron chi connectivity index (χ2n) is 4.93. The van der Waals surface area contributed by atoms with Crippen LogP contribution in [-0.2, 0) is 9.59 Å². The third-order valence-corrected chi connectivity index (χ3v) is 3.90. The number of halogens is 1. The molecule has 2 rings (SSSR count). The van der Waals surface area contributed by atoms with Crippen molar-refractivity contribution in [1.29, 1.82) is 0 Å². The molecule has 0 radical (unpaired) electrons. The maximum atomic E-state index is 11.7. The highest BCUT2D eigenvalue weighted by molar-refractivity contribution is 6.32. The van der Waals surface area contributed by atoms with Crippen LogP contribution in [0.15, 0.2) is 24.3 Å². The summed E-state index contributed by atoms with van der Waals surface area (Å²) in [4.78, 5) is 22.8. The Kier molecular flexibility index (Phi) is 4.49. The summed E-state index contributed by atoms with van der Waals surface area (Å²) in [6.07, 6.45) is 2.10. The van der Waals surface area contributed by atoms with Gasteiger partial charge in [-0.25, -0.2) is 0 Å². The average Bonchev–Trinajstić information content (AvgIpc) is 2.36. The summed E-state index contributed by atoms with van der Waals surface area (Å²) in [7, 11) is 0. The Hall–Kier alpha value is -1.75. The maximum absolute atomic E-state index is 11.7. The van der Waals surface area contributed by atoms with Crippen LogP contribution in [0.4, 0.5) is 0 Å². The monoisotopic (exact) mass is 297 g/mol. The highest BCUT2D eigenvalue weighted by Crippen LogP contribution is 2.40. The minimum Gasteiger partial charge on any atom is -0.482 e. The number of hydrogen-bond donors (Lipinski definition) is 2. The Morgan fingerprint density at radius 2 is 2.05 bits per heavy atom. The van der Waals surface area contributed by atoms with Crippen molar-refractivity contribution >= 4 is 23.5 Å². The van der Waals surface area contributed by atoms with E-state index < -0.39 is 11.4 Å². The number of carboxylic acids is 1. The number of hydrogen-bond acceptors (Lipinski definition) is 3. The molecular weight excluding hydrogens is 282 g/mol. The van der Waals surface area contributed by atoms with E-state index in [0.29, 0.717) is 23.6 Å². The number of benzene rings is 1. The first-order valence-corrected chi connectivity index (χ1v) is 6.79. The van der Waals surface area contributed by atoms with Gasteiger partial charge in [0, 0.05) is 6.54 Å². The summed E-state index contributed by atoms with van der Waals surface area (Å²) in [5, 5.41) is 12.2. The minimum atomic E-state index is -0.851. The third-order valence-electron chi connectivity index (χ3n) is 3.58. The van der Waals surface area contributed by atoms with Gasteiger partial charge in [-0.3, -0.25) is 9.59 Å². The van der Waals surface area contributed by atoms with Crippen LogP contribution in [-0.4, -0.2) is 30.1 Å². The molecule has 1 aliphatic carbocycles. The first-order valence-electron chi connectivity index (χ1n) is 6.41. The summed E-state index contributed by atoms with van der Waals surface area (Å²) in [6, 6.07) is 6.86. The molecule has 0 aromatic heterocycles. The largest absolute Gasteiger partial charge is 0.482 e. The van der Waals surface area contributed by atoms with Crippen molar-refractivity contribution in [3.8, 4) is 5.75 Å². The number of carboxylic acid groups (broad SMARTS) is 1. The number of aliphatic carboxylic acids is 1. The molecule has 0 saturated heterocycles. The number of carbonyl (C=O) groups excluding carboxylic acids is 1. The Morgan fingerprint density at radius 1 is 1.35 bits per heavy atom. The molecule has 6 heteroatoms. The Morgan fingerprint density at radius 3 is 2.60 bits per heavy atom. The molecule has 1 aliphatic rings. The molecule has 1 aromatic carbocycles. The zero-order chi connectivity index (χ0) is 14.6. The lowest BCUT2D eigenvalue weighted by molar-refractivity contribution is -0.154. The topological polar surface area (TPSA) is 75.6 Å². The molecule has 1 amide bonds. The molecule has 2 N–H and O–H groups in total. The van der Waals surface area contributed by atoms with Gasteiger partial charge in [-0.2, -0.15) is 0 Å². The molecule has 108 valence electrons. The van der Waals surface area contributed by atoms with Gasteiger partial charge in [0.15, 0.2) is 6.61 Å². The molecule has 1 aromatic rings. The van der Waals surface area contributed by atoms with Crippen molar-refractivity contribution in [3.05, 3.63) is 29.3 Å². The van der Waals surface area contributed by atoms with Crippen molar-refractivity contribution in [2.75, 3.05) is 13.2 Å². The fraction of sp³-hybridized carbons (Fsp3) is 0.429. The van der Waals surface area contributed by atoms with E-state index in [4.69, 9.17) is 21.4 Å². The van der Waals surface area contributed by atoms with Crippen LogP contribution < -0.4 is 10.1 Å². The summed E-state index contributed by atoms with van der Waals surface area (Å²) >= 11 is 5.90. The Bertz CT molecular complexity index is 514. The number of para-hydroxylation sites is 1. The Balaban J connectivity index is 1.79. The predicted octanol–water partition coefficient (Wildman–Crippen LogP) is 2.09. The number of carbonyl (C=O) groups is 2. The van der Waals surface area contributed by atoms with E-state index in [1.807, 2.05) is 0 Å². The van der Waals surface area contributed by atoms with Gasteiger partial charge in [-0.15, -0.1) is 0 Å². The quantitative estimate of drug-likeness (QED) is 0.843. The molecule has 0 heterocycles. The van der Waals surface area contributed by atoms with Gasteiger partial charge in [0.2, 0.25) is 0 Å². The van der Waals surface area contributed by atoms with Crippen LogP contribution in [0.25, 0.3) is 0 Å². The molecular formula is C14H16ClNO4. The van der Waals surface area contributed by atoms with Gasteiger partial charge >= 0.3 is 5.97 Å². The fourth-order valence-electron chi connectivity index (χ4n) is 2.09. The van der Waals surface area contributed by atoms with E-state index >= 15 is 0 Å². The lowest BCUT2D eigenvalue weighted by Gasteiger charge is -2.37. The molecule has 0 bridgehead atoms. The maximum Gasteiger partial charge on any atom is 0.311 e. The first-order chi connectivity index (χ1) is 9.53. The van der Waals surface area contributed by atoms with E-state index in [2.05, 4.69) is 5.32 Å². The van der Waals surface area contributed by atoms with E-state index in [1.54, 1.807) is 24.3 Å². The third kappa shape index (κ3) is 3.22. The van der Waals surface area contributed by atoms with Crippen molar-refractivity contribution in [2.24, 2.45) is 5.41 Å². The average molecular weight is 298 g/mol. The van der Waals surface area contributed by atoms with Crippen LogP contribution in [0.5, 0.6) is 5.75 Å². The van der Waals surface area contributed by atoms with E-state index in [-0.39, 0.29) is 19.1 Å². The van der Waals surface area contributed by atoms with Crippen molar-refractivity contribution in [2.45, 2.75) is 19.3 Å². The minimum absolute atomic E-state index is 0.146. The highest BCUT2D eigenvalue weighted by atomic mass is 35.5. The molecule has 5 nitrogen and oxygen atoms in total. The van der Waals surface area contributed by atoms with Gasteiger partial charge in [0.1, 0.15) is 5.75 Å². The molecule has 0 unspecified atom stereocenters. The first kappa shape index (κ1) is 14.7. The van der Waals surface area contributed by atoms with Crippen molar-refractivity contribution in [1.82, 2.24) is 5.32 Å². The Labute approximate surface area is 121 Å². The normalized spacial score (nSPS) is 16.1. The van der Waals surface area contributed by atoms with E-state index in [1.165, 1.54) is 0 Å². The fourth-order valence-corrected chi connectivity index (χ4v) is 2.28. The van der Waals surface area contributed by atoms with E-state index in [9.17, 15) is 9.59 Å². The lowest BCUT2D eigenvalue weighted by atomic mass is 9.69. The molecule has 1 fully saturated rings. The number of ether oxygens (including phenoxy) is 1. The standard InChI is InChI=1S/C14H16ClNO4/c15-10-4-1-2-5-11(10)20-8-12(17)16-9-14(13(18)19)6-3-7-14/h1-2,4-5H,3,6-9H2,(H,16,17)(H,18,19). The van der Waals surface area contributed by atoms with Crippen LogP contribution in [0.3, 0.4) is 0 Å². The molecule has 1 saturated carbocycles. The second-order valence-corrected chi connectivity index (χ2v) is 5.34. The predicted molar refractivity (Wildman–Crippen MR) is 73.9 cm³/mol. The van der Waals surface area contributed by atoms with Gasteiger partial charge in [-0.1, -0.05) is 30.2 Å². The van der Waals surface area contributed by atoms with Crippen LogP contribution in [0.2, 0.25) is 5.02 Å². The van der Waals surface area contributed by atoms with Gasteiger partial charge in [-0.05, 0) is 25.0 Å². The summed E-state index contributed by atoms with van der Waals surface area (Å²) in [5.41, 5.74) is -0.792. The smallest absolute Gasteiger partial charge is 0.311 e. The van der Waals surface area contributed by atoms with Crippen LogP contribution in [0.1, 0.15) is 19.3 Å². The number of nitrogens with one attached hydrogen (secondary N) is 1. The highest BCUT2D eigenvalue weighted by Gasteiger charge is 2.44. The lowest BCUT2D eigenvalue weighted by Crippen LogP contribution is -2.48. The molecule has 0 atom stereocenters. The summed E-state index contributed by atoms with van der Waals surface area (Å²) < 4.78 is 5.28.